The number of fused-ring (bicyclic) bond motifs is 1. The number of carbonyl (C=O) groups is 2. The van der Waals surface area contributed by atoms with Gasteiger partial charge in [-0.05, 0) is 51.9 Å². The number of esters is 1. The molecule has 5 rings (SSSR count). The van der Waals surface area contributed by atoms with E-state index < -0.39 is 40.3 Å². The van der Waals surface area contributed by atoms with Crippen molar-refractivity contribution in [2.24, 2.45) is 34.5 Å². The lowest BCUT2D eigenvalue weighted by Gasteiger charge is -2.44. The van der Waals surface area contributed by atoms with Crippen LogP contribution >= 0.6 is 0 Å². The molecule has 1 saturated heterocycles. The van der Waals surface area contributed by atoms with Crippen molar-refractivity contribution in [1.82, 2.24) is 0 Å². The molecular formula is C19H24O5. The zero-order valence-electron chi connectivity index (χ0n) is 14.1. The van der Waals surface area contributed by atoms with Crippen molar-refractivity contribution in [2.45, 2.75) is 57.7 Å². The number of hydrogen-bond donors (Lipinski definition) is 2. The first-order valence-electron chi connectivity index (χ1n) is 9.11. The van der Waals surface area contributed by atoms with Gasteiger partial charge in [-0.2, -0.15) is 0 Å². The Bertz CT molecular complexity index is 698. The smallest absolute Gasteiger partial charge is 0.315 e. The van der Waals surface area contributed by atoms with Gasteiger partial charge in [0.05, 0.1) is 17.4 Å². The maximum absolute atomic E-state index is 12.7. The van der Waals surface area contributed by atoms with E-state index >= 15 is 0 Å². The maximum Gasteiger partial charge on any atom is 0.315 e. The van der Waals surface area contributed by atoms with Gasteiger partial charge in [-0.15, -0.1) is 0 Å². The van der Waals surface area contributed by atoms with Gasteiger partial charge in [0, 0.05) is 17.3 Å². The first-order chi connectivity index (χ1) is 11.3. The van der Waals surface area contributed by atoms with Crippen LogP contribution in [0.3, 0.4) is 0 Å². The second-order valence-electron chi connectivity index (χ2n) is 9.01. The number of rotatable bonds is 1. The van der Waals surface area contributed by atoms with Crippen LogP contribution in [0.5, 0.6) is 0 Å². The molecule has 5 aliphatic rings. The van der Waals surface area contributed by atoms with E-state index in [4.69, 9.17) is 4.74 Å². The second kappa shape index (κ2) is 4.06. The Kier molecular flexibility index (Phi) is 2.53. The van der Waals surface area contributed by atoms with Crippen molar-refractivity contribution < 1.29 is 24.5 Å². The maximum atomic E-state index is 12.7. The highest BCUT2D eigenvalue weighted by atomic mass is 16.6. The van der Waals surface area contributed by atoms with Crippen molar-refractivity contribution in [3.8, 4) is 0 Å². The number of carbonyl (C=O) groups excluding carboxylic acids is 1. The third kappa shape index (κ3) is 1.29. The molecule has 1 spiro atoms. The zero-order chi connectivity index (χ0) is 17.1. The summed E-state index contributed by atoms with van der Waals surface area (Å²) in [5.74, 6) is -1.76. The molecule has 5 heteroatoms. The molecule has 130 valence electrons. The van der Waals surface area contributed by atoms with Gasteiger partial charge in [-0.25, -0.2) is 0 Å². The number of hydrogen-bond acceptors (Lipinski definition) is 4. The first kappa shape index (κ1) is 14.9. The molecule has 4 aliphatic carbocycles. The highest BCUT2D eigenvalue weighted by Crippen LogP contribution is 2.76. The summed E-state index contributed by atoms with van der Waals surface area (Å²) in [6, 6.07) is 0. The summed E-state index contributed by atoms with van der Waals surface area (Å²) in [5.41, 5.74) is -0.894. The van der Waals surface area contributed by atoms with Gasteiger partial charge >= 0.3 is 11.9 Å². The molecule has 4 bridgehead atoms. The molecule has 24 heavy (non-hydrogen) atoms. The average molecular weight is 332 g/mol. The normalized spacial score (nSPS) is 57.2. The highest BCUT2D eigenvalue weighted by molar-refractivity contribution is 5.85. The fraction of sp³-hybridized carbons (Fsp3) is 0.789. The van der Waals surface area contributed by atoms with E-state index in [2.05, 4.69) is 13.0 Å². The SMILES string of the molecule is CC1=C[C@]23C[C@H]1CC[C@H]2[C@@]12CC[C@H](O)[C@@](C)(C(=O)O1)[C@H]2[C@@H]3C(=O)O. The lowest BCUT2D eigenvalue weighted by atomic mass is 9.59. The van der Waals surface area contributed by atoms with Crippen molar-refractivity contribution in [1.29, 1.82) is 0 Å². The van der Waals surface area contributed by atoms with Crippen LogP contribution in [0, 0.1) is 34.5 Å². The van der Waals surface area contributed by atoms with E-state index in [1.54, 1.807) is 6.92 Å². The number of carboxylic acids is 1. The van der Waals surface area contributed by atoms with Crippen molar-refractivity contribution in [2.75, 3.05) is 0 Å². The molecule has 1 aliphatic heterocycles. The van der Waals surface area contributed by atoms with Crippen LogP contribution in [0.1, 0.15) is 46.0 Å². The van der Waals surface area contributed by atoms with Crippen LogP contribution in [-0.2, 0) is 14.3 Å². The van der Waals surface area contributed by atoms with Crippen molar-refractivity contribution in [3.05, 3.63) is 11.6 Å². The summed E-state index contributed by atoms with van der Waals surface area (Å²) in [5, 5.41) is 20.8. The van der Waals surface area contributed by atoms with Gasteiger partial charge in [-0.1, -0.05) is 11.6 Å². The molecule has 2 N–H and O–H groups in total. The van der Waals surface area contributed by atoms with Crippen LogP contribution in [-0.4, -0.2) is 33.9 Å². The third-order valence-electron chi connectivity index (χ3n) is 8.36. The summed E-state index contributed by atoms with van der Waals surface area (Å²) in [4.78, 5) is 25.1. The molecule has 0 radical (unpaired) electrons. The van der Waals surface area contributed by atoms with Crippen LogP contribution in [0.2, 0.25) is 0 Å². The molecule has 4 fully saturated rings. The zero-order valence-corrected chi connectivity index (χ0v) is 14.1. The molecule has 0 unspecified atom stereocenters. The summed E-state index contributed by atoms with van der Waals surface area (Å²) in [6.45, 7) is 3.85. The standard InChI is InChI=1S/C19H24O5/c1-9-7-18-8-10(9)3-4-11(18)19-6-5-12(20)17(2,16(23)24-19)14(19)13(18)15(21)22/h7,10-14,20H,3-6,8H2,1-2H3,(H,21,22)/t10-,11-,12+,13-,14-,17-,18+,19-/m1/s1. The van der Waals surface area contributed by atoms with Gasteiger partial charge in [-0.3, -0.25) is 9.59 Å². The van der Waals surface area contributed by atoms with Crippen molar-refractivity contribution in [3.63, 3.8) is 0 Å². The minimum Gasteiger partial charge on any atom is -0.481 e. The van der Waals surface area contributed by atoms with Gasteiger partial charge in [0.15, 0.2) is 0 Å². The summed E-state index contributed by atoms with van der Waals surface area (Å²) in [7, 11) is 0. The molecular weight excluding hydrogens is 308 g/mol. The number of carboxylic acid groups (broad SMARTS) is 1. The van der Waals surface area contributed by atoms with Gasteiger partial charge in [0.25, 0.3) is 0 Å². The number of allylic oxidation sites excluding steroid dienone is 2. The molecule has 0 amide bonds. The van der Waals surface area contributed by atoms with Crippen molar-refractivity contribution >= 4 is 11.9 Å². The van der Waals surface area contributed by atoms with Crippen LogP contribution in [0.15, 0.2) is 11.6 Å². The van der Waals surface area contributed by atoms with Gasteiger partial charge in [0.2, 0.25) is 0 Å². The quantitative estimate of drug-likeness (QED) is 0.568. The Morgan fingerprint density at radius 1 is 1.33 bits per heavy atom. The van der Waals surface area contributed by atoms with E-state index in [0.717, 1.165) is 19.3 Å². The largest absolute Gasteiger partial charge is 0.481 e. The second-order valence-corrected chi connectivity index (χ2v) is 9.01. The first-order valence-corrected chi connectivity index (χ1v) is 9.11. The molecule has 1 heterocycles. The third-order valence-corrected chi connectivity index (χ3v) is 8.36. The van der Waals surface area contributed by atoms with Gasteiger partial charge in [0.1, 0.15) is 5.60 Å². The minimum absolute atomic E-state index is 0.0723. The topological polar surface area (TPSA) is 83.8 Å². The molecule has 0 aromatic rings. The minimum atomic E-state index is -1.09. The predicted molar refractivity (Wildman–Crippen MR) is 83.8 cm³/mol. The van der Waals surface area contributed by atoms with E-state index in [-0.39, 0.29) is 11.9 Å². The number of aliphatic hydroxyl groups excluding tert-OH is 1. The Morgan fingerprint density at radius 3 is 2.79 bits per heavy atom. The van der Waals surface area contributed by atoms with Crippen LogP contribution in [0.25, 0.3) is 0 Å². The van der Waals surface area contributed by atoms with E-state index in [1.807, 2.05) is 0 Å². The highest BCUT2D eigenvalue weighted by Gasteiger charge is 2.82. The number of aliphatic hydroxyl groups is 1. The van der Waals surface area contributed by atoms with Crippen LogP contribution in [0.4, 0.5) is 0 Å². The fourth-order valence-corrected chi connectivity index (χ4v) is 7.50. The summed E-state index contributed by atoms with van der Waals surface area (Å²) < 4.78 is 6.01. The Labute approximate surface area is 141 Å². The Balaban J connectivity index is 1.77. The lowest BCUT2D eigenvalue weighted by Crippen LogP contribution is -2.53. The summed E-state index contributed by atoms with van der Waals surface area (Å²) >= 11 is 0. The number of ether oxygens (including phenoxy) is 1. The molecule has 3 saturated carbocycles. The van der Waals surface area contributed by atoms with Gasteiger partial charge < -0.3 is 14.9 Å². The van der Waals surface area contributed by atoms with E-state index in [0.29, 0.717) is 18.8 Å². The van der Waals surface area contributed by atoms with Crippen LogP contribution < -0.4 is 0 Å². The molecule has 0 aromatic carbocycles. The Morgan fingerprint density at radius 2 is 2.08 bits per heavy atom. The van der Waals surface area contributed by atoms with E-state index in [1.165, 1.54) is 5.57 Å². The Hall–Kier alpha value is -1.36. The predicted octanol–water partition coefficient (Wildman–Crippen LogP) is 2.14. The molecule has 8 atom stereocenters. The fourth-order valence-electron chi connectivity index (χ4n) is 7.50. The average Bonchev–Trinajstić information content (AvgIpc) is 2.98. The number of aliphatic carboxylic acids is 1. The lowest BCUT2D eigenvalue weighted by molar-refractivity contribution is -0.161. The van der Waals surface area contributed by atoms with E-state index in [9.17, 15) is 19.8 Å². The molecule has 5 nitrogen and oxygen atoms in total. The monoisotopic (exact) mass is 332 g/mol. The molecule has 0 aromatic heterocycles. The summed E-state index contributed by atoms with van der Waals surface area (Å²) in [6.07, 6.45) is 5.33.